The zero-order valence-electron chi connectivity index (χ0n) is 15.9. The number of anilines is 1. The molecule has 5 rings (SSSR count). The molecule has 4 aromatic heterocycles. The van der Waals surface area contributed by atoms with E-state index in [1.165, 1.54) is 0 Å². The molecule has 28 heavy (non-hydrogen) atoms. The summed E-state index contributed by atoms with van der Waals surface area (Å²) in [5, 5.41) is 5.31. The van der Waals surface area contributed by atoms with Gasteiger partial charge in [0.2, 0.25) is 5.71 Å². The highest BCUT2D eigenvalue weighted by Gasteiger charge is 2.17. The van der Waals surface area contributed by atoms with E-state index in [4.69, 9.17) is 4.42 Å². The highest BCUT2D eigenvalue weighted by atomic mass is 16.4. The Labute approximate surface area is 161 Å². The van der Waals surface area contributed by atoms with Crippen molar-refractivity contribution in [3.05, 3.63) is 58.6 Å². The maximum Gasteiger partial charge on any atom is 0.347 e. The van der Waals surface area contributed by atoms with Crippen LogP contribution in [0.15, 0.2) is 51.8 Å². The van der Waals surface area contributed by atoms with Gasteiger partial charge in [0.1, 0.15) is 11.5 Å². The molecule has 1 aliphatic heterocycles. The Kier molecular flexibility index (Phi) is 3.91. The summed E-state index contributed by atoms with van der Waals surface area (Å²) in [5.41, 5.74) is 3.08. The number of aryl methyl sites for hydroxylation is 1. The zero-order valence-corrected chi connectivity index (χ0v) is 15.9. The van der Waals surface area contributed by atoms with Crippen molar-refractivity contribution in [1.29, 1.82) is 0 Å². The van der Waals surface area contributed by atoms with Crippen molar-refractivity contribution in [2.75, 3.05) is 38.1 Å². The number of nitrogens with zero attached hydrogens (tertiary/aromatic N) is 5. The molecule has 0 aromatic carbocycles. The minimum Gasteiger partial charge on any atom is -0.403 e. The number of hydrogen-bond donors (Lipinski definition) is 0. The number of pyridine rings is 2. The van der Waals surface area contributed by atoms with Gasteiger partial charge in [-0.3, -0.25) is 0 Å². The Morgan fingerprint density at radius 3 is 2.68 bits per heavy atom. The highest BCUT2D eigenvalue weighted by molar-refractivity contribution is 5.80. The Balaban J connectivity index is 1.55. The van der Waals surface area contributed by atoms with Gasteiger partial charge in [-0.2, -0.15) is 10.1 Å². The maximum absolute atomic E-state index is 12.6. The molecule has 7 nitrogen and oxygen atoms in total. The Morgan fingerprint density at radius 1 is 1.04 bits per heavy atom. The van der Waals surface area contributed by atoms with Gasteiger partial charge < -0.3 is 14.2 Å². The third kappa shape index (κ3) is 2.93. The fourth-order valence-electron chi connectivity index (χ4n) is 3.62. The van der Waals surface area contributed by atoms with Gasteiger partial charge in [-0.1, -0.05) is 0 Å². The molecule has 4 aromatic rings. The van der Waals surface area contributed by atoms with Crippen molar-refractivity contribution in [2.45, 2.75) is 6.92 Å². The van der Waals surface area contributed by atoms with E-state index in [1.807, 2.05) is 49.5 Å². The molecule has 0 atom stereocenters. The summed E-state index contributed by atoms with van der Waals surface area (Å²) in [6, 6.07) is 11.7. The number of piperazine rings is 1. The number of hydrogen-bond acceptors (Lipinski definition) is 6. The predicted molar refractivity (Wildman–Crippen MR) is 109 cm³/mol. The average Bonchev–Trinajstić information content (AvgIpc) is 3.10. The van der Waals surface area contributed by atoms with Gasteiger partial charge in [0.25, 0.3) is 0 Å². The van der Waals surface area contributed by atoms with Crippen LogP contribution in [0.2, 0.25) is 0 Å². The Hall–Kier alpha value is -3.19. The molecular weight excluding hydrogens is 354 g/mol. The minimum atomic E-state index is -0.421. The largest absolute Gasteiger partial charge is 0.403 e. The number of rotatable bonds is 2. The summed E-state index contributed by atoms with van der Waals surface area (Å²) in [6.45, 7) is 5.85. The van der Waals surface area contributed by atoms with Crippen LogP contribution in [-0.4, -0.2) is 52.7 Å². The average molecular weight is 375 g/mol. The summed E-state index contributed by atoms with van der Waals surface area (Å²) in [5.74, 6) is 0.847. The van der Waals surface area contributed by atoms with Crippen LogP contribution in [0.1, 0.15) is 5.56 Å². The minimum absolute atomic E-state index is 0.366. The molecule has 1 saturated heterocycles. The molecule has 0 spiro atoms. The summed E-state index contributed by atoms with van der Waals surface area (Å²) < 4.78 is 7.33. The van der Waals surface area contributed by atoms with Crippen molar-refractivity contribution < 1.29 is 4.42 Å². The third-order valence-corrected chi connectivity index (χ3v) is 5.31. The van der Waals surface area contributed by atoms with Crippen LogP contribution in [0.25, 0.3) is 27.9 Å². The van der Waals surface area contributed by atoms with Crippen LogP contribution in [0.3, 0.4) is 0 Å². The highest BCUT2D eigenvalue weighted by Crippen LogP contribution is 2.23. The second-order valence-corrected chi connectivity index (χ2v) is 7.40. The molecule has 1 fully saturated rings. The first-order chi connectivity index (χ1) is 13.6. The van der Waals surface area contributed by atoms with Crippen molar-refractivity contribution in [3.8, 4) is 11.3 Å². The van der Waals surface area contributed by atoms with E-state index in [0.717, 1.165) is 48.5 Å². The van der Waals surface area contributed by atoms with Gasteiger partial charge in [-0.15, -0.1) is 0 Å². The van der Waals surface area contributed by atoms with Crippen molar-refractivity contribution in [1.82, 2.24) is 19.5 Å². The Bertz CT molecular complexity index is 1230. The molecular formula is C21H21N5O2. The van der Waals surface area contributed by atoms with Crippen LogP contribution in [0.4, 0.5) is 5.82 Å². The van der Waals surface area contributed by atoms with Crippen LogP contribution < -0.4 is 10.5 Å². The number of fused-ring (bicyclic) bond motifs is 2. The second kappa shape index (κ2) is 6.45. The SMILES string of the molecule is Cc1ccn2nc(-c3cc4ccc(N5CCN(C)CC5)nc4oc3=O)cc2c1. The van der Waals surface area contributed by atoms with Crippen LogP contribution in [0, 0.1) is 6.92 Å². The molecule has 0 amide bonds. The molecule has 0 N–H and O–H groups in total. The van der Waals surface area contributed by atoms with E-state index >= 15 is 0 Å². The molecule has 0 unspecified atom stereocenters. The zero-order chi connectivity index (χ0) is 19.3. The van der Waals surface area contributed by atoms with Crippen LogP contribution >= 0.6 is 0 Å². The quantitative estimate of drug-likeness (QED) is 0.536. The first-order valence-corrected chi connectivity index (χ1v) is 9.42. The molecule has 0 bridgehead atoms. The lowest BCUT2D eigenvalue weighted by Gasteiger charge is -2.33. The smallest absolute Gasteiger partial charge is 0.347 e. The van der Waals surface area contributed by atoms with Crippen molar-refractivity contribution >= 4 is 22.4 Å². The lowest BCUT2D eigenvalue weighted by atomic mass is 10.1. The lowest BCUT2D eigenvalue weighted by molar-refractivity contribution is 0.312. The van der Waals surface area contributed by atoms with Crippen molar-refractivity contribution in [3.63, 3.8) is 0 Å². The van der Waals surface area contributed by atoms with Gasteiger partial charge in [-0.05, 0) is 55.9 Å². The summed E-state index contributed by atoms with van der Waals surface area (Å²) >= 11 is 0. The number of likely N-dealkylation sites (N-methyl/N-ethyl adjacent to an activating group) is 1. The molecule has 142 valence electrons. The predicted octanol–water partition coefficient (Wildman–Crippen LogP) is 2.56. The third-order valence-electron chi connectivity index (χ3n) is 5.31. The van der Waals surface area contributed by atoms with E-state index in [0.29, 0.717) is 17.0 Å². The van der Waals surface area contributed by atoms with Crippen molar-refractivity contribution in [2.24, 2.45) is 0 Å². The lowest BCUT2D eigenvalue weighted by Crippen LogP contribution is -2.44. The molecule has 0 radical (unpaired) electrons. The first-order valence-electron chi connectivity index (χ1n) is 9.42. The Morgan fingerprint density at radius 2 is 1.86 bits per heavy atom. The molecule has 0 aliphatic carbocycles. The van der Waals surface area contributed by atoms with E-state index in [9.17, 15) is 4.79 Å². The summed E-state index contributed by atoms with van der Waals surface area (Å²) in [4.78, 5) is 21.7. The van der Waals surface area contributed by atoms with E-state index < -0.39 is 5.63 Å². The first kappa shape index (κ1) is 16.9. The summed E-state index contributed by atoms with van der Waals surface area (Å²) in [7, 11) is 2.12. The normalized spacial score (nSPS) is 15.6. The molecule has 0 saturated carbocycles. The van der Waals surface area contributed by atoms with Gasteiger partial charge in [0.05, 0.1) is 11.1 Å². The van der Waals surface area contributed by atoms with Crippen LogP contribution in [0.5, 0.6) is 0 Å². The molecule has 5 heterocycles. The topological polar surface area (TPSA) is 66.9 Å². The molecule has 7 heteroatoms. The monoisotopic (exact) mass is 375 g/mol. The number of aromatic nitrogens is 3. The fourth-order valence-corrected chi connectivity index (χ4v) is 3.62. The summed E-state index contributed by atoms with van der Waals surface area (Å²) in [6.07, 6.45) is 1.89. The maximum atomic E-state index is 12.6. The van der Waals surface area contributed by atoms with E-state index in [2.05, 4.69) is 26.9 Å². The fraction of sp³-hybridized carbons (Fsp3) is 0.286. The van der Waals surface area contributed by atoms with E-state index in [1.54, 1.807) is 4.52 Å². The van der Waals surface area contributed by atoms with Gasteiger partial charge in [0, 0.05) is 37.8 Å². The van der Waals surface area contributed by atoms with Gasteiger partial charge in [0.15, 0.2) is 0 Å². The molecule has 1 aliphatic rings. The van der Waals surface area contributed by atoms with Crippen LogP contribution in [-0.2, 0) is 0 Å². The standard InChI is InChI=1S/C21H21N5O2/c1-14-5-6-26-16(11-14)13-18(23-26)17-12-15-3-4-19(22-20(15)28-21(17)27)25-9-7-24(2)8-10-25/h3-6,11-13H,7-10H2,1-2H3. The second-order valence-electron chi connectivity index (χ2n) is 7.40. The van der Waals surface area contributed by atoms with Gasteiger partial charge >= 0.3 is 5.63 Å². The van der Waals surface area contributed by atoms with Gasteiger partial charge in [-0.25, -0.2) is 9.31 Å². The van der Waals surface area contributed by atoms with E-state index in [-0.39, 0.29) is 0 Å².